The first-order chi connectivity index (χ1) is 14.2. The van der Waals surface area contributed by atoms with Gasteiger partial charge in [0.25, 0.3) is 0 Å². The highest BCUT2D eigenvalue weighted by Gasteiger charge is 2.17. The van der Waals surface area contributed by atoms with E-state index in [1.807, 2.05) is 24.3 Å². The maximum Gasteiger partial charge on any atom is 0.333 e. The van der Waals surface area contributed by atoms with Crippen molar-refractivity contribution in [2.75, 3.05) is 20.3 Å². The van der Waals surface area contributed by atoms with Crippen LogP contribution in [0, 0.1) is 0 Å². The molecule has 2 aromatic rings. The maximum absolute atomic E-state index is 11.0. The van der Waals surface area contributed by atoms with Gasteiger partial charge in [-0.05, 0) is 54.2 Å². The molecular formula is C24H30O5. The van der Waals surface area contributed by atoms with Crippen molar-refractivity contribution in [3.8, 4) is 11.5 Å². The zero-order valence-electron chi connectivity index (χ0n) is 17.0. The lowest BCUT2D eigenvalue weighted by Gasteiger charge is -2.12. The number of carboxylic acids is 1. The van der Waals surface area contributed by atoms with Gasteiger partial charge in [0.1, 0.15) is 11.5 Å². The third-order valence-corrected chi connectivity index (χ3v) is 5.44. The van der Waals surface area contributed by atoms with Crippen molar-refractivity contribution in [1.29, 1.82) is 0 Å². The summed E-state index contributed by atoms with van der Waals surface area (Å²) in [5, 5.41) is 9.04. The van der Waals surface area contributed by atoms with E-state index in [4.69, 9.17) is 19.3 Å². The van der Waals surface area contributed by atoms with Gasteiger partial charge < -0.3 is 19.3 Å². The predicted molar refractivity (Wildman–Crippen MR) is 112 cm³/mol. The summed E-state index contributed by atoms with van der Waals surface area (Å²) < 4.78 is 16.5. The number of hydrogen-bond acceptors (Lipinski definition) is 4. The van der Waals surface area contributed by atoms with E-state index in [-0.39, 0.29) is 0 Å². The average Bonchev–Trinajstić information content (AvgIpc) is 3.28. The van der Waals surface area contributed by atoms with Crippen molar-refractivity contribution in [1.82, 2.24) is 0 Å². The Morgan fingerprint density at radius 1 is 0.966 bits per heavy atom. The molecule has 29 heavy (non-hydrogen) atoms. The SMILES string of the molecule is COC(Cc1ccc(OCCCOc2ccc(C3CCCC3)cc2)cc1)C(=O)O. The zero-order chi connectivity index (χ0) is 20.5. The van der Waals surface area contributed by atoms with Gasteiger partial charge in [-0.25, -0.2) is 4.79 Å². The smallest absolute Gasteiger partial charge is 0.333 e. The highest BCUT2D eigenvalue weighted by molar-refractivity contribution is 5.72. The summed E-state index contributed by atoms with van der Waals surface area (Å²) in [7, 11) is 1.41. The molecule has 0 heterocycles. The highest BCUT2D eigenvalue weighted by atomic mass is 16.5. The molecule has 5 heteroatoms. The van der Waals surface area contributed by atoms with E-state index < -0.39 is 12.1 Å². The fourth-order valence-electron chi connectivity index (χ4n) is 3.74. The molecule has 2 aromatic carbocycles. The van der Waals surface area contributed by atoms with Gasteiger partial charge in [-0.15, -0.1) is 0 Å². The molecule has 156 valence electrons. The van der Waals surface area contributed by atoms with Gasteiger partial charge in [0.15, 0.2) is 6.10 Å². The van der Waals surface area contributed by atoms with E-state index in [0.717, 1.165) is 29.4 Å². The minimum Gasteiger partial charge on any atom is -0.493 e. The summed E-state index contributed by atoms with van der Waals surface area (Å²) >= 11 is 0. The van der Waals surface area contributed by atoms with Crippen molar-refractivity contribution in [3.05, 3.63) is 59.7 Å². The van der Waals surface area contributed by atoms with Crippen LogP contribution in [0.5, 0.6) is 11.5 Å². The largest absolute Gasteiger partial charge is 0.493 e. The van der Waals surface area contributed by atoms with Gasteiger partial charge >= 0.3 is 5.97 Å². The first-order valence-corrected chi connectivity index (χ1v) is 10.4. The number of rotatable bonds is 11. The molecule has 1 saturated carbocycles. The monoisotopic (exact) mass is 398 g/mol. The van der Waals surface area contributed by atoms with Gasteiger partial charge in [-0.1, -0.05) is 37.1 Å². The topological polar surface area (TPSA) is 65.0 Å². The number of aliphatic carboxylic acids is 1. The van der Waals surface area contributed by atoms with E-state index in [1.165, 1.54) is 38.4 Å². The fourth-order valence-corrected chi connectivity index (χ4v) is 3.74. The van der Waals surface area contributed by atoms with Crippen molar-refractivity contribution in [2.45, 2.75) is 50.5 Å². The third-order valence-electron chi connectivity index (χ3n) is 5.44. The first-order valence-electron chi connectivity index (χ1n) is 10.4. The predicted octanol–water partition coefficient (Wildman–Crippen LogP) is 4.83. The van der Waals surface area contributed by atoms with Crippen LogP contribution in [0.25, 0.3) is 0 Å². The van der Waals surface area contributed by atoms with Gasteiger partial charge in [0, 0.05) is 20.0 Å². The van der Waals surface area contributed by atoms with Crippen molar-refractivity contribution in [2.24, 2.45) is 0 Å². The number of hydrogen-bond donors (Lipinski definition) is 1. The molecule has 1 aliphatic rings. The summed E-state index contributed by atoms with van der Waals surface area (Å²) in [6, 6.07) is 16.0. The zero-order valence-corrected chi connectivity index (χ0v) is 17.0. The first kappa shape index (κ1) is 21.2. The quantitative estimate of drug-likeness (QED) is 0.549. The Balaban J connectivity index is 1.34. The minimum absolute atomic E-state index is 0.333. The lowest BCUT2D eigenvalue weighted by atomic mass is 9.98. The molecule has 0 aromatic heterocycles. The van der Waals surface area contributed by atoms with Crippen LogP contribution in [0.3, 0.4) is 0 Å². The summed E-state index contributed by atoms with van der Waals surface area (Å²) in [5.74, 6) is 1.44. The number of carbonyl (C=O) groups is 1. The van der Waals surface area contributed by atoms with Crippen LogP contribution >= 0.6 is 0 Å². The Morgan fingerprint density at radius 3 is 2.03 bits per heavy atom. The van der Waals surface area contributed by atoms with Crippen LogP contribution in [0.1, 0.15) is 49.1 Å². The molecule has 1 fully saturated rings. The third kappa shape index (κ3) is 6.50. The number of benzene rings is 2. The van der Waals surface area contributed by atoms with Crippen LogP contribution in [0.15, 0.2) is 48.5 Å². The second kappa shape index (κ2) is 10.9. The summed E-state index contributed by atoms with van der Waals surface area (Å²) in [6.45, 7) is 1.17. The van der Waals surface area contributed by atoms with Crippen LogP contribution in [0.4, 0.5) is 0 Å². The normalized spacial score (nSPS) is 15.2. The van der Waals surface area contributed by atoms with E-state index in [1.54, 1.807) is 0 Å². The number of carboxylic acid groups (broad SMARTS) is 1. The van der Waals surface area contributed by atoms with Crippen molar-refractivity contribution in [3.63, 3.8) is 0 Å². The van der Waals surface area contributed by atoms with Crippen LogP contribution in [-0.4, -0.2) is 37.5 Å². The highest BCUT2D eigenvalue weighted by Crippen LogP contribution is 2.34. The Hall–Kier alpha value is -2.53. The molecule has 1 unspecified atom stereocenters. The van der Waals surface area contributed by atoms with Gasteiger partial charge in [0.05, 0.1) is 13.2 Å². The molecule has 3 rings (SSSR count). The summed E-state index contributed by atoms with van der Waals surface area (Å²) in [4.78, 5) is 11.0. The standard InChI is InChI=1S/C24H30O5/c1-27-23(24(25)26)17-18-7-11-21(12-8-18)28-15-4-16-29-22-13-9-20(10-14-22)19-5-2-3-6-19/h7-14,19,23H,2-6,15-17H2,1H3,(H,25,26). The summed E-state index contributed by atoms with van der Waals surface area (Å²) in [5.41, 5.74) is 2.33. The van der Waals surface area contributed by atoms with E-state index in [2.05, 4.69) is 24.3 Å². The Labute approximate surface area is 172 Å². The molecular weight excluding hydrogens is 368 g/mol. The van der Waals surface area contributed by atoms with Gasteiger partial charge in [-0.2, -0.15) is 0 Å². The second-order valence-corrected chi connectivity index (χ2v) is 7.51. The Kier molecular flexibility index (Phi) is 7.94. The minimum atomic E-state index is -0.957. The van der Waals surface area contributed by atoms with Crippen LogP contribution < -0.4 is 9.47 Å². The molecule has 1 atom stereocenters. The molecule has 0 aliphatic heterocycles. The lowest BCUT2D eigenvalue weighted by Crippen LogP contribution is -2.24. The molecule has 0 spiro atoms. The van der Waals surface area contributed by atoms with E-state index >= 15 is 0 Å². The van der Waals surface area contributed by atoms with Gasteiger partial charge in [-0.3, -0.25) is 0 Å². The molecule has 0 saturated heterocycles. The van der Waals surface area contributed by atoms with Crippen molar-refractivity contribution < 1.29 is 24.1 Å². The fraction of sp³-hybridized carbons (Fsp3) is 0.458. The molecule has 0 radical (unpaired) electrons. The van der Waals surface area contributed by atoms with Gasteiger partial charge in [0.2, 0.25) is 0 Å². The number of methoxy groups -OCH3 is 1. The maximum atomic E-state index is 11.0. The van der Waals surface area contributed by atoms with E-state index in [9.17, 15) is 4.79 Å². The molecule has 1 N–H and O–H groups in total. The van der Waals surface area contributed by atoms with Crippen LogP contribution in [0.2, 0.25) is 0 Å². The Morgan fingerprint density at radius 2 is 1.52 bits per heavy atom. The second-order valence-electron chi connectivity index (χ2n) is 7.51. The molecule has 1 aliphatic carbocycles. The summed E-state index contributed by atoms with van der Waals surface area (Å²) in [6.07, 6.45) is 5.61. The van der Waals surface area contributed by atoms with Crippen LogP contribution in [-0.2, 0) is 16.0 Å². The number of ether oxygens (including phenoxy) is 3. The lowest BCUT2D eigenvalue weighted by molar-refractivity contribution is -0.148. The molecule has 5 nitrogen and oxygen atoms in total. The molecule has 0 amide bonds. The molecule has 0 bridgehead atoms. The van der Waals surface area contributed by atoms with E-state index in [0.29, 0.717) is 19.6 Å². The Bertz CT molecular complexity index is 748. The average molecular weight is 398 g/mol. The van der Waals surface area contributed by atoms with Crippen molar-refractivity contribution >= 4 is 5.97 Å².